The van der Waals surface area contributed by atoms with E-state index in [4.69, 9.17) is 22.1 Å². The molecular formula is C15H22ClNO. The van der Waals surface area contributed by atoms with Gasteiger partial charge >= 0.3 is 0 Å². The molecule has 1 aromatic carbocycles. The summed E-state index contributed by atoms with van der Waals surface area (Å²) in [6.45, 7) is 0. The van der Waals surface area contributed by atoms with E-state index >= 15 is 0 Å². The van der Waals surface area contributed by atoms with Crippen molar-refractivity contribution in [3.8, 4) is 5.75 Å². The average molecular weight is 268 g/mol. The van der Waals surface area contributed by atoms with E-state index in [1.807, 2.05) is 18.2 Å². The summed E-state index contributed by atoms with van der Waals surface area (Å²) in [7, 11) is 1.68. The van der Waals surface area contributed by atoms with Crippen LogP contribution in [0.5, 0.6) is 5.75 Å². The molecule has 1 aliphatic carbocycles. The molecule has 18 heavy (non-hydrogen) atoms. The number of ether oxygens (including phenoxy) is 1. The van der Waals surface area contributed by atoms with Crippen LogP contribution in [-0.4, -0.2) is 7.11 Å². The van der Waals surface area contributed by atoms with E-state index < -0.39 is 0 Å². The molecule has 1 unspecified atom stereocenters. The van der Waals surface area contributed by atoms with Crippen molar-refractivity contribution >= 4 is 11.6 Å². The number of benzene rings is 1. The van der Waals surface area contributed by atoms with Gasteiger partial charge in [-0.05, 0) is 30.5 Å². The van der Waals surface area contributed by atoms with Crippen molar-refractivity contribution < 1.29 is 4.74 Å². The zero-order chi connectivity index (χ0) is 13.0. The van der Waals surface area contributed by atoms with Gasteiger partial charge in [0.25, 0.3) is 0 Å². The van der Waals surface area contributed by atoms with Crippen LogP contribution in [0.25, 0.3) is 0 Å². The van der Waals surface area contributed by atoms with E-state index in [0.29, 0.717) is 0 Å². The van der Waals surface area contributed by atoms with Crippen LogP contribution in [0.4, 0.5) is 0 Å². The molecule has 0 aromatic heterocycles. The molecule has 3 heteroatoms. The Balaban J connectivity index is 2.07. The third-order valence-electron chi connectivity index (χ3n) is 3.90. The van der Waals surface area contributed by atoms with Crippen LogP contribution in [0.1, 0.15) is 50.1 Å². The number of methoxy groups -OCH3 is 1. The van der Waals surface area contributed by atoms with Crippen molar-refractivity contribution in [3.05, 3.63) is 28.8 Å². The second kappa shape index (κ2) is 6.44. The number of hydrogen-bond donors (Lipinski definition) is 1. The van der Waals surface area contributed by atoms with Gasteiger partial charge < -0.3 is 10.5 Å². The minimum atomic E-state index is 0.0294. The first-order chi connectivity index (χ1) is 8.70. The molecule has 2 nitrogen and oxygen atoms in total. The van der Waals surface area contributed by atoms with Gasteiger partial charge in [-0.2, -0.15) is 0 Å². The summed E-state index contributed by atoms with van der Waals surface area (Å²) in [5.41, 5.74) is 7.37. The lowest BCUT2D eigenvalue weighted by Crippen LogP contribution is -2.18. The molecular weight excluding hydrogens is 246 g/mol. The van der Waals surface area contributed by atoms with Crippen LogP contribution in [0.3, 0.4) is 0 Å². The summed E-state index contributed by atoms with van der Waals surface area (Å²) < 4.78 is 5.37. The smallest absolute Gasteiger partial charge is 0.123 e. The lowest BCUT2D eigenvalue weighted by atomic mass is 9.83. The van der Waals surface area contributed by atoms with Crippen molar-refractivity contribution in [1.29, 1.82) is 0 Å². The SMILES string of the molecule is COc1ccc(Cl)cc1C(N)CC1CCCCC1. The van der Waals surface area contributed by atoms with Crippen molar-refractivity contribution in [1.82, 2.24) is 0 Å². The van der Waals surface area contributed by atoms with E-state index in [9.17, 15) is 0 Å². The Bertz CT molecular complexity index is 388. The Morgan fingerprint density at radius 2 is 2.06 bits per heavy atom. The second-order valence-electron chi connectivity index (χ2n) is 5.23. The molecule has 2 rings (SSSR count). The fourth-order valence-corrected chi connectivity index (χ4v) is 3.08. The Labute approximate surface area is 114 Å². The molecule has 2 N–H and O–H groups in total. The predicted molar refractivity (Wildman–Crippen MR) is 76.1 cm³/mol. The van der Waals surface area contributed by atoms with Crippen LogP contribution in [0, 0.1) is 5.92 Å². The van der Waals surface area contributed by atoms with E-state index in [-0.39, 0.29) is 6.04 Å². The quantitative estimate of drug-likeness (QED) is 0.882. The molecule has 0 bridgehead atoms. The summed E-state index contributed by atoms with van der Waals surface area (Å²) in [6.07, 6.45) is 7.75. The third-order valence-corrected chi connectivity index (χ3v) is 4.14. The molecule has 1 aliphatic rings. The van der Waals surface area contributed by atoms with Gasteiger partial charge in [0, 0.05) is 16.6 Å². The molecule has 1 fully saturated rings. The highest BCUT2D eigenvalue weighted by Gasteiger charge is 2.20. The van der Waals surface area contributed by atoms with Gasteiger partial charge in [0.05, 0.1) is 7.11 Å². The third kappa shape index (κ3) is 3.39. The average Bonchev–Trinajstić information content (AvgIpc) is 2.40. The van der Waals surface area contributed by atoms with Crippen molar-refractivity contribution in [2.45, 2.75) is 44.6 Å². The van der Waals surface area contributed by atoms with Crippen LogP contribution >= 0.6 is 11.6 Å². The first-order valence-electron chi connectivity index (χ1n) is 6.79. The zero-order valence-corrected chi connectivity index (χ0v) is 11.7. The van der Waals surface area contributed by atoms with Gasteiger partial charge in [-0.25, -0.2) is 0 Å². The minimum absolute atomic E-state index is 0.0294. The van der Waals surface area contributed by atoms with Gasteiger partial charge in [-0.3, -0.25) is 0 Å². The normalized spacial score (nSPS) is 18.6. The zero-order valence-electron chi connectivity index (χ0n) is 11.0. The van der Waals surface area contributed by atoms with E-state index in [2.05, 4.69) is 0 Å². The van der Waals surface area contributed by atoms with Crippen molar-refractivity contribution in [3.63, 3.8) is 0 Å². The van der Waals surface area contributed by atoms with Crippen molar-refractivity contribution in [2.24, 2.45) is 11.7 Å². The second-order valence-corrected chi connectivity index (χ2v) is 5.67. The van der Waals surface area contributed by atoms with Crippen LogP contribution < -0.4 is 10.5 Å². The topological polar surface area (TPSA) is 35.2 Å². The largest absolute Gasteiger partial charge is 0.496 e. The monoisotopic (exact) mass is 267 g/mol. The van der Waals surface area contributed by atoms with Gasteiger partial charge in [0.1, 0.15) is 5.75 Å². The molecule has 0 heterocycles. The Hall–Kier alpha value is -0.730. The van der Waals surface area contributed by atoms with E-state index in [1.54, 1.807) is 7.11 Å². The van der Waals surface area contributed by atoms with Crippen LogP contribution in [0.15, 0.2) is 18.2 Å². The van der Waals surface area contributed by atoms with Gasteiger partial charge in [-0.15, -0.1) is 0 Å². The van der Waals surface area contributed by atoms with Gasteiger partial charge in [0.2, 0.25) is 0 Å². The molecule has 1 atom stereocenters. The maximum atomic E-state index is 6.33. The molecule has 0 spiro atoms. The number of hydrogen-bond acceptors (Lipinski definition) is 2. The fourth-order valence-electron chi connectivity index (χ4n) is 2.90. The van der Waals surface area contributed by atoms with E-state index in [1.165, 1.54) is 32.1 Å². The lowest BCUT2D eigenvalue weighted by Gasteiger charge is -2.25. The molecule has 100 valence electrons. The highest BCUT2D eigenvalue weighted by molar-refractivity contribution is 6.30. The Morgan fingerprint density at radius 1 is 1.33 bits per heavy atom. The lowest BCUT2D eigenvalue weighted by molar-refractivity contribution is 0.315. The molecule has 1 saturated carbocycles. The number of nitrogens with two attached hydrogens (primary N) is 1. The standard InChI is InChI=1S/C15H22ClNO/c1-18-15-8-7-12(16)10-13(15)14(17)9-11-5-3-2-4-6-11/h7-8,10-11,14H,2-6,9,17H2,1H3. The maximum Gasteiger partial charge on any atom is 0.123 e. The maximum absolute atomic E-state index is 6.33. The number of halogens is 1. The first kappa shape index (κ1) is 13.7. The highest BCUT2D eigenvalue weighted by Crippen LogP contribution is 2.34. The fraction of sp³-hybridized carbons (Fsp3) is 0.600. The van der Waals surface area contributed by atoms with Crippen LogP contribution in [-0.2, 0) is 0 Å². The molecule has 0 amide bonds. The summed E-state index contributed by atoms with van der Waals surface area (Å²) in [6, 6.07) is 5.71. The highest BCUT2D eigenvalue weighted by atomic mass is 35.5. The summed E-state index contributed by atoms with van der Waals surface area (Å²) in [4.78, 5) is 0. The first-order valence-corrected chi connectivity index (χ1v) is 7.17. The molecule has 0 aliphatic heterocycles. The summed E-state index contributed by atoms with van der Waals surface area (Å²) >= 11 is 6.05. The summed E-state index contributed by atoms with van der Waals surface area (Å²) in [5, 5.41) is 0.727. The molecule has 1 aromatic rings. The number of rotatable bonds is 4. The van der Waals surface area contributed by atoms with E-state index in [0.717, 1.165) is 28.7 Å². The van der Waals surface area contributed by atoms with Gasteiger partial charge in [-0.1, -0.05) is 43.7 Å². The summed E-state index contributed by atoms with van der Waals surface area (Å²) in [5.74, 6) is 1.61. The van der Waals surface area contributed by atoms with Crippen molar-refractivity contribution in [2.75, 3.05) is 7.11 Å². The molecule has 0 radical (unpaired) electrons. The Morgan fingerprint density at radius 3 is 2.72 bits per heavy atom. The van der Waals surface area contributed by atoms with Gasteiger partial charge in [0.15, 0.2) is 0 Å². The Kier molecular flexibility index (Phi) is 4.90. The predicted octanol–water partition coefficient (Wildman–Crippen LogP) is 4.32. The minimum Gasteiger partial charge on any atom is -0.496 e. The molecule has 0 saturated heterocycles. The van der Waals surface area contributed by atoms with Crippen LogP contribution in [0.2, 0.25) is 5.02 Å².